The molecule has 0 saturated heterocycles. The van der Waals surface area contributed by atoms with Gasteiger partial charge in [0.05, 0.1) is 11.4 Å². The van der Waals surface area contributed by atoms with Crippen LogP contribution < -0.4 is 16.6 Å². The second-order valence-corrected chi connectivity index (χ2v) is 4.14. The molecule has 0 fully saturated rings. The normalized spacial score (nSPS) is 11.3. The summed E-state index contributed by atoms with van der Waals surface area (Å²) >= 11 is 0. The average Bonchev–Trinajstić information content (AvgIpc) is 2.40. The molecule has 0 heterocycles. The SMILES string of the molecule is Cc1ccccc1/C(N)=C/N(N)c1ccccc1. The maximum atomic E-state index is 6.07. The number of anilines is 1. The summed E-state index contributed by atoms with van der Waals surface area (Å²) in [6.45, 7) is 2.03. The minimum Gasteiger partial charge on any atom is -0.397 e. The van der Waals surface area contributed by atoms with Crippen LogP contribution in [0.2, 0.25) is 0 Å². The van der Waals surface area contributed by atoms with E-state index in [1.807, 2.05) is 61.5 Å². The van der Waals surface area contributed by atoms with Crippen molar-refractivity contribution in [3.8, 4) is 0 Å². The molecular weight excluding hydrogens is 222 g/mol. The third kappa shape index (κ3) is 2.70. The molecule has 2 rings (SSSR count). The standard InChI is InChI=1S/C15H17N3/c1-12-7-5-6-10-14(12)15(16)11-18(17)13-8-3-2-4-9-13/h2-11H,16-17H2,1H3/b15-11-. The van der Waals surface area contributed by atoms with Crippen LogP contribution in [-0.4, -0.2) is 0 Å². The quantitative estimate of drug-likeness (QED) is 0.639. The number of para-hydroxylation sites is 1. The first-order valence-corrected chi connectivity index (χ1v) is 5.81. The molecule has 3 heteroatoms. The fourth-order valence-corrected chi connectivity index (χ4v) is 1.79. The Kier molecular flexibility index (Phi) is 3.65. The van der Waals surface area contributed by atoms with Crippen LogP contribution >= 0.6 is 0 Å². The molecule has 0 unspecified atom stereocenters. The maximum absolute atomic E-state index is 6.07. The van der Waals surface area contributed by atoms with Gasteiger partial charge in [-0.15, -0.1) is 0 Å². The molecule has 0 radical (unpaired) electrons. The van der Waals surface area contributed by atoms with Gasteiger partial charge in [0.25, 0.3) is 0 Å². The highest BCUT2D eigenvalue weighted by atomic mass is 15.4. The number of aryl methyl sites for hydroxylation is 1. The number of nitrogens with two attached hydrogens (primary N) is 2. The van der Waals surface area contributed by atoms with Crippen molar-refractivity contribution in [1.82, 2.24) is 0 Å². The average molecular weight is 239 g/mol. The van der Waals surface area contributed by atoms with Gasteiger partial charge in [0.2, 0.25) is 0 Å². The van der Waals surface area contributed by atoms with Crippen molar-refractivity contribution in [2.75, 3.05) is 5.01 Å². The molecule has 0 spiro atoms. The van der Waals surface area contributed by atoms with Gasteiger partial charge in [0.15, 0.2) is 0 Å². The molecule has 0 aliphatic carbocycles. The summed E-state index contributed by atoms with van der Waals surface area (Å²) in [7, 11) is 0. The van der Waals surface area contributed by atoms with Gasteiger partial charge in [0.1, 0.15) is 0 Å². The van der Waals surface area contributed by atoms with Crippen LogP contribution in [0.4, 0.5) is 5.69 Å². The first-order valence-electron chi connectivity index (χ1n) is 5.81. The largest absolute Gasteiger partial charge is 0.397 e. The van der Waals surface area contributed by atoms with E-state index in [-0.39, 0.29) is 0 Å². The summed E-state index contributed by atoms with van der Waals surface area (Å²) in [5, 5.41) is 1.53. The van der Waals surface area contributed by atoms with E-state index in [1.165, 1.54) is 5.01 Å². The lowest BCUT2D eigenvalue weighted by atomic mass is 10.1. The summed E-state index contributed by atoms with van der Waals surface area (Å²) in [6.07, 6.45) is 1.73. The lowest BCUT2D eigenvalue weighted by molar-refractivity contribution is 1.08. The zero-order chi connectivity index (χ0) is 13.0. The topological polar surface area (TPSA) is 55.3 Å². The number of hydrogen-bond donors (Lipinski definition) is 2. The van der Waals surface area contributed by atoms with Crippen LogP contribution in [0.25, 0.3) is 5.70 Å². The van der Waals surface area contributed by atoms with Crippen molar-refractivity contribution in [2.45, 2.75) is 6.92 Å². The molecule has 0 aromatic heterocycles. The molecule has 0 atom stereocenters. The number of hydrogen-bond acceptors (Lipinski definition) is 3. The fraction of sp³-hybridized carbons (Fsp3) is 0.0667. The zero-order valence-electron chi connectivity index (χ0n) is 10.4. The fourth-order valence-electron chi connectivity index (χ4n) is 1.79. The minimum atomic E-state index is 0.652. The Morgan fingerprint density at radius 1 is 1.00 bits per heavy atom. The predicted molar refractivity (Wildman–Crippen MR) is 76.5 cm³/mol. The van der Waals surface area contributed by atoms with Crippen LogP contribution in [0.3, 0.4) is 0 Å². The van der Waals surface area contributed by atoms with E-state index < -0.39 is 0 Å². The third-order valence-corrected chi connectivity index (χ3v) is 2.79. The van der Waals surface area contributed by atoms with E-state index >= 15 is 0 Å². The molecule has 2 aromatic rings. The van der Waals surface area contributed by atoms with Crippen molar-refractivity contribution in [3.63, 3.8) is 0 Å². The Labute approximate surface area is 107 Å². The summed E-state index contributed by atoms with van der Waals surface area (Å²) in [5.41, 5.74) is 9.76. The first-order chi connectivity index (χ1) is 8.68. The molecule has 92 valence electrons. The lowest BCUT2D eigenvalue weighted by Crippen LogP contribution is -2.25. The molecule has 0 aliphatic heterocycles. The number of hydrazine groups is 1. The molecule has 0 bridgehead atoms. The van der Waals surface area contributed by atoms with Gasteiger partial charge >= 0.3 is 0 Å². The molecule has 3 nitrogen and oxygen atoms in total. The number of benzene rings is 2. The zero-order valence-corrected chi connectivity index (χ0v) is 10.4. The van der Waals surface area contributed by atoms with Crippen LogP contribution in [0, 0.1) is 6.92 Å². The van der Waals surface area contributed by atoms with Crippen LogP contribution in [0.1, 0.15) is 11.1 Å². The van der Waals surface area contributed by atoms with E-state index in [0.717, 1.165) is 16.8 Å². The molecule has 2 aromatic carbocycles. The van der Waals surface area contributed by atoms with Gasteiger partial charge in [-0.25, -0.2) is 5.84 Å². The van der Waals surface area contributed by atoms with Crippen LogP contribution in [-0.2, 0) is 0 Å². The molecule has 18 heavy (non-hydrogen) atoms. The minimum absolute atomic E-state index is 0.652. The van der Waals surface area contributed by atoms with Gasteiger partial charge in [-0.3, -0.25) is 5.01 Å². The Balaban J connectivity index is 2.26. The molecule has 0 aliphatic rings. The van der Waals surface area contributed by atoms with Crippen molar-refractivity contribution < 1.29 is 0 Å². The summed E-state index contributed by atoms with van der Waals surface area (Å²) in [5.74, 6) is 5.96. The van der Waals surface area contributed by atoms with Crippen molar-refractivity contribution in [3.05, 3.63) is 71.9 Å². The smallest absolute Gasteiger partial charge is 0.0571 e. The summed E-state index contributed by atoms with van der Waals surface area (Å²) < 4.78 is 0. The Morgan fingerprint density at radius 3 is 2.28 bits per heavy atom. The predicted octanol–water partition coefficient (Wildman–Crippen LogP) is 2.63. The van der Waals surface area contributed by atoms with Crippen molar-refractivity contribution >= 4 is 11.4 Å². The highest BCUT2D eigenvalue weighted by Crippen LogP contribution is 2.16. The maximum Gasteiger partial charge on any atom is 0.0571 e. The van der Waals surface area contributed by atoms with E-state index in [9.17, 15) is 0 Å². The number of nitrogens with zero attached hydrogens (tertiary/aromatic N) is 1. The van der Waals surface area contributed by atoms with Crippen molar-refractivity contribution in [1.29, 1.82) is 0 Å². The molecular formula is C15H17N3. The number of rotatable bonds is 3. The third-order valence-electron chi connectivity index (χ3n) is 2.79. The van der Waals surface area contributed by atoms with E-state index in [4.69, 9.17) is 11.6 Å². The van der Waals surface area contributed by atoms with Gasteiger partial charge in [0, 0.05) is 11.8 Å². The van der Waals surface area contributed by atoms with E-state index in [2.05, 4.69) is 0 Å². The highest BCUT2D eigenvalue weighted by Gasteiger charge is 2.03. The summed E-state index contributed by atoms with van der Waals surface area (Å²) in [6, 6.07) is 17.7. The second kappa shape index (κ2) is 5.38. The first kappa shape index (κ1) is 12.2. The van der Waals surface area contributed by atoms with Crippen LogP contribution in [0.15, 0.2) is 60.8 Å². The van der Waals surface area contributed by atoms with E-state index in [1.54, 1.807) is 6.20 Å². The molecule has 0 saturated carbocycles. The Hall–Kier alpha value is -2.26. The highest BCUT2D eigenvalue weighted by molar-refractivity contribution is 5.68. The summed E-state index contributed by atoms with van der Waals surface area (Å²) in [4.78, 5) is 0. The molecule has 4 N–H and O–H groups in total. The molecule has 0 amide bonds. The Morgan fingerprint density at radius 2 is 1.61 bits per heavy atom. The van der Waals surface area contributed by atoms with Gasteiger partial charge in [-0.2, -0.15) is 0 Å². The Bertz CT molecular complexity index is 547. The van der Waals surface area contributed by atoms with Gasteiger partial charge < -0.3 is 5.73 Å². The van der Waals surface area contributed by atoms with Gasteiger partial charge in [-0.05, 0) is 24.6 Å². The van der Waals surface area contributed by atoms with E-state index in [0.29, 0.717) is 5.70 Å². The van der Waals surface area contributed by atoms with Crippen LogP contribution in [0.5, 0.6) is 0 Å². The van der Waals surface area contributed by atoms with Gasteiger partial charge in [-0.1, -0.05) is 42.5 Å². The lowest BCUT2D eigenvalue weighted by Gasteiger charge is -2.15. The monoisotopic (exact) mass is 239 g/mol. The second-order valence-electron chi connectivity index (χ2n) is 4.14. The van der Waals surface area contributed by atoms with Crippen molar-refractivity contribution in [2.24, 2.45) is 11.6 Å².